The fourth-order valence-electron chi connectivity index (χ4n) is 4.31. The SMILES string of the molecule is O=C1C2C3CCC(C3)C2C(=O)N1c1ccc(F)cc1Cl. The first-order valence-electron chi connectivity index (χ1n) is 6.91. The van der Waals surface area contributed by atoms with Crippen LogP contribution in [0.2, 0.25) is 5.02 Å². The van der Waals surface area contributed by atoms with Gasteiger partial charge in [-0.2, -0.15) is 0 Å². The van der Waals surface area contributed by atoms with Crippen LogP contribution in [-0.4, -0.2) is 11.8 Å². The lowest BCUT2D eigenvalue weighted by Crippen LogP contribution is -2.33. The minimum absolute atomic E-state index is 0.110. The zero-order valence-electron chi connectivity index (χ0n) is 10.7. The highest BCUT2D eigenvalue weighted by Gasteiger charge is 2.61. The van der Waals surface area contributed by atoms with Gasteiger partial charge in [0, 0.05) is 0 Å². The van der Waals surface area contributed by atoms with E-state index in [2.05, 4.69) is 0 Å². The Morgan fingerprint density at radius 1 is 1.10 bits per heavy atom. The molecule has 1 heterocycles. The number of fused-ring (bicyclic) bond motifs is 5. The summed E-state index contributed by atoms with van der Waals surface area (Å²) in [4.78, 5) is 26.3. The van der Waals surface area contributed by atoms with Crippen molar-refractivity contribution in [2.24, 2.45) is 23.7 Å². The second-order valence-electron chi connectivity index (χ2n) is 5.99. The molecule has 3 nitrogen and oxygen atoms in total. The normalized spacial score (nSPS) is 35.0. The number of carbonyl (C=O) groups excluding carboxylic acids is 2. The number of amides is 2. The van der Waals surface area contributed by atoms with Gasteiger partial charge in [-0.1, -0.05) is 11.6 Å². The summed E-state index contributed by atoms with van der Waals surface area (Å²) in [6, 6.07) is 3.78. The van der Waals surface area contributed by atoms with Crippen molar-refractivity contribution in [2.45, 2.75) is 19.3 Å². The van der Waals surface area contributed by atoms with E-state index in [1.54, 1.807) is 0 Å². The Morgan fingerprint density at radius 3 is 2.25 bits per heavy atom. The van der Waals surface area contributed by atoms with E-state index in [-0.39, 0.29) is 28.7 Å². The Hall–Kier alpha value is -1.42. The van der Waals surface area contributed by atoms with Crippen molar-refractivity contribution in [2.75, 3.05) is 4.90 Å². The van der Waals surface area contributed by atoms with Crippen LogP contribution in [0.5, 0.6) is 0 Å². The van der Waals surface area contributed by atoms with E-state index in [0.29, 0.717) is 17.5 Å². The third-order valence-corrected chi connectivity index (χ3v) is 5.38. The summed E-state index contributed by atoms with van der Waals surface area (Å²) in [5, 5.41) is 0.110. The molecule has 1 aromatic carbocycles. The van der Waals surface area contributed by atoms with Crippen LogP contribution >= 0.6 is 11.6 Å². The van der Waals surface area contributed by atoms with Gasteiger partial charge in [0.25, 0.3) is 0 Å². The lowest BCUT2D eigenvalue weighted by Gasteiger charge is -2.19. The van der Waals surface area contributed by atoms with Gasteiger partial charge in [0.05, 0.1) is 22.5 Å². The van der Waals surface area contributed by atoms with E-state index in [9.17, 15) is 14.0 Å². The first-order chi connectivity index (χ1) is 9.58. The number of rotatable bonds is 1. The average Bonchev–Trinajstić information content (AvgIpc) is 3.06. The number of halogens is 2. The molecule has 0 aromatic heterocycles. The van der Waals surface area contributed by atoms with E-state index in [0.717, 1.165) is 25.3 Å². The molecule has 4 unspecified atom stereocenters. The fourth-order valence-corrected chi connectivity index (χ4v) is 4.56. The second-order valence-corrected chi connectivity index (χ2v) is 6.40. The number of anilines is 1. The molecule has 3 aliphatic rings. The molecule has 3 fully saturated rings. The molecule has 1 saturated heterocycles. The van der Waals surface area contributed by atoms with E-state index in [4.69, 9.17) is 11.6 Å². The first-order valence-corrected chi connectivity index (χ1v) is 7.28. The molecule has 0 spiro atoms. The van der Waals surface area contributed by atoms with Gasteiger partial charge in [-0.05, 0) is 49.3 Å². The van der Waals surface area contributed by atoms with E-state index in [1.165, 1.54) is 17.0 Å². The minimum atomic E-state index is -0.474. The Kier molecular flexibility index (Phi) is 2.49. The molecule has 4 rings (SSSR count). The molecule has 20 heavy (non-hydrogen) atoms. The van der Waals surface area contributed by atoms with Crippen LogP contribution in [0.25, 0.3) is 0 Å². The number of carbonyl (C=O) groups is 2. The number of imide groups is 1. The van der Waals surface area contributed by atoms with Gasteiger partial charge in [-0.3, -0.25) is 9.59 Å². The summed E-state index contributed by atoms with van der Waals surface area (Å²) in [5.74, 6) is -0.458. The standard InChI is InChI=1S/C15H13ClFNO2/c16-10-6-9(17)3-4-11(10)18-14(19)12-7-1-2-8(5-7)13(12)15(18)20/h3-4,6-8,12-13H,1-2,5H2. The van der Waals surface area contributed by atoms with Gasteiger partial charge in [0.2, 0.25) is 11.8 Å². The minimum Gasteiger partial charge on any atom is -0.274 e. The smallest absolute Gasteiger partial charge is 0.238 e. The Balaban J connectivity index is 1.77. The van der Waals surface area contributed by atoms with Crippen LogP contribution in [0, 0.1) is 29.5 Å². The van der Waals surface area contributed by atoms with Crippen molar-refractivity contribution in [3.05, 3.63) is 29.0 Å². The number of benzene rings is 1. The Morgan fingerprint density at radius 2 is 1.70 bits per heavy atom. The molecule has 5 heteroatoms. The monoisotopic (exact) mass is 293 g/mol. The molecule has 2 saturated carbocycles. The highest BCUT2D eigenvalue weighted by molar-refractivity contribution is 6.36. The van der Waals surface area contributed by atoms with Gasteiger partial charge in [0.15, 0.2) is 0 Å². The maximum absolute atomic E-state index is 13.1. The van der Waals surface area contributed by atoms with Gasteiger partial charge >= 0.3 is 0 Å². The molecule has 0 radical (unpaired) electrons. The fraction of sp³-hybridized carbons (Fsp3) is 0.467. The van der Waals surface area contributed by atoms with Crippen molar-refractivity contribution >= 4 is 29.1 Å². The average molecular weight is 294 g/mol. The maximum atomic E-state index is 13.1. The summed E-state index contributed by atoms with van der Waals surface area (Å²) >= 11 is 6.00. The highest BCUT2D eigenvalue weighted by atomic mass is 35.5. The maximum Gasteiger partial charge on any atom is 0.238 e. The van der Waals surface area contributed by atoms with Crippen LogP contribution in [0.1, 0.15) is 19.3 Å². The number of hydrogen-bond donors (Lipinski definition) is 0. The summed E-state index contributed by atoms with van der Waals surface area (Å²) in [6.07, 6.45) is 3.07. The quantitative estimate of drug-likeness (QED) is 0.747. The van der Waals surface area contributed by atoms with E-state index >= 15 is 0 Å². The van der Waals surface area contributed by atoms with Crippen LogP contribution in [0.3, 0.4) is 0 Å². The zero-order valence-corrected chi connectivity index (χ0v) is 11.4. The van der Waals surface area contributed by atoms with Crippen LogP contribution in [0.4, 0.5) is 10.1 Å². The van der Waals surface area contributed by atoms with Gasteiger partial charge in [0.1, 0.15) is 5.82 Å². The second kappa shape index (κ2) is 4.04. The molecule has 2 amide bonds. The van der Waals surface area contributed by atoms with Crippen LogP contribution in [0.15, 0.2) is 18.2 Å². The van der Waals surface area contributed by atoms with Crippen molar-refractivity contribution in [1.29, 1.82) is 0 Å². The third-order valence-electron chi connectivity index (χ3n) is 5.08. The molecule has 1 aliphatic heterocycles. The molecule has 0 N–H and O–H groups in total. The van der Waals surface area contributed by atoms with Crippen molar-refractivity contribution < 1.29 is 14.0 Å². The molecular formula is C15H13ClFNO2. The summed E-state index contributed by atoms with van der Waals surface area (Å²) in [5.41, 5.74) is 0.317. The van der Waals surface area contributed by atoms with Crippen LogP contribution in [-0.2, 0) is 9.59 Å². The zero-order chi connectivity index (χ0) is 14.0. The molecular weight excluding hydrogens is 281 g/mol. The Labute approximate surface area is 120 Å². The van der Waals surface area contributed by atoms with E-state index < -0.39 is 5.82 Å². The predicted molar refractivity (Wildman–Crippen MR) is 71.7 cm³/mol. The molecule has 2 aliphatic carbocycles. The van der Waals surface area contributed by atoms with E-state index in [1.807, 2.05) is 0 Å². The van der Waals surface area contributed by atoms with Gasteiger partial charge in [-0.15, -0.1) is 0 Å². The molecule has 2 bridgehead atoms. The summed E-state index contributed by atoms with van der Waals surface area (Å²) < 4.78 is 13.1. The number of hydrogen-bond acceptors (Lipinski definition) is 2. The van der Waals surface area contributed by atoms with Crippen molar-refractivity contribution in [1.82, 2.24) is 0 Å². The summed E-state index contributed by atoms with van der Waals surface area (Å²) in [6.45, 7) is 0. The van der Waals surface area contributed by atoms with Crippen molar-refractivity contribution in [3.63, 3.8) is 0 Å². The third kappa shape index (κ3) is 1.46. The van der Waals surface area contributed by atoms with Crippen LogP contribution < -0.4 is 4.90 Å². The largest absolute Gasteiger partial charge is 0.274 e. The first kappa shape index (κ1) is 12.3. The topological polar surface area (TPSA) is 37.4 Å². The highest BCUT2D eigenvalue weighted by Crippen LogP contribution is 2.56. The number of nitrogens with zero attached hydrogens (tertiary/aromatic N) is 1. The predicted octanol–water partition coefficient (Wildman–Crippen LogP) is 3.01. The summed E-state index contributed by atoms with van der Waals surface area (Å²) in [7, 11) is 0. The molecule has 1 aromatic rings. The molecule has 104 valence electrons. The lowest BCUT2D eigenvalue weighted by molar-refractivity contribution is -0.123. The molecule has 4 atom stereocenters. The Bertz CT molecular complexity index is 604. The van der Waals surface area contributed by atoms with Gasteiger partial charge < -0.3 is 0 Å². The van der Waals surface area contributed by atoms with Crippen molar-refractivity contribution in [3.8, 4) is 0 Å². The van der Waals surface area contributed by atoms with Gasteiger partial charge in [-0.25, -0.2) is 9.29 Å². The lowest BCUT2D eigenvalue weighted by atomic mass is 9.81.